The molecule has 0 aromatic heterocycles. The third-order valence-electron chi connectivity index (χ3n) is 2.86. The van der Waals surface area contributed by atoms with Crippen molar-refractivity contribution in [2.24, 2.45) is 0 Å². The molecule has 0 aliphatic carbocycles. The molecule has 0 aliphatic rings. The number of rotatable bonds is 5. The summed E-state index contributed by atoms with van der Waals surface area (Å²) in [4.78, 5) is 21.9. The summed E-state index contributed by atoms with van der Waals surface area (Å²) in [5.41, 5.74) is -0.161. The van der Waals surface area contributed by atoms with Crippen LogP contribution in [0.3, 0.4) is 0 Å². The Hall–Kier alpha value is -2.99. The summed E-state index contributed by atoms with van der Waals surface area (Å²) in [5, 5.41) is 22.1. The highest BCUT2D eigenvalue weighted by Crippen LogP contribution is 2.25. The summed E-state index contributed by atoms with van der Waals surface area (Å²) >= 11 is 3.10. The monoisotopic (exact) mass is 393 g/mol. The van der Waals surface area contributed by atoms with Crippen molar-refractivity contribution in [1.29, 1.82) is 5.26 Å². The second kappa shape index (κ2) is 7.52. The molecule has 9 heteroatoms. The zero-order chi connectivity index (χ0) is 17.7. The van der Waals surface area contributed by atoms with Crippen molar-refractivity contribution in [3.05, 3.63) is 62.4 Å². The summed E-state index contributed by atoms with van der Waals surface area (Å²) in [5.74, 6) is -0.754. The van der Waals surface area contributed by atoms with E-state index in [-0.39, 0.29) is 29.3 Å². The van der Waals surface area contributed by atoms with Crippen LogP contribution >= 0.6 is 15.9 Å². The molecule has 0 spiro atoms. The van der Waals surface area contributed by atoms with Gasteiger partial charge in [-0.2, -0.15) is 5.26 Å². The van der Waals surface area contributed by atoms with Crippen molar-refractivity contribution < 1.29 is 18.8 Å². The number of nitro groups is 1. The Kier molecular flexibility index (Phi) is 5.44. The van der Waals surface area contributed by atoms with Crippen molar-refractivity contribution in [2.45, 2.75) is 0 Å². The molecule has 0 bridgehead atoms. The van der Waals surface area contributed by atoms with Crippen LogP contribution in [0.1, 0.15) is 5.56 Å². The van der Waals surface area contributed by atoms with Crippen LogP contribution in [0.25, 0.3) is 0 Å². The van der Waals surface area contributed by atoms with Crippen LogP contribution in [-0.4, -0.2) is 17.4 Å². The smallest absolute Gasteiger partial charge is 0.270 e. The van der Waals surface area contributed by atoms with Gasteiger partial charge < -0.3 is 10.1 Å². The van der Waals surface area contributed by atoms with Crippen LogP contribution in [0.2, 0.25) is 0 Å². The van der Waals surface area contributed by atoms with Gasteiger partial charge in [-0.05, 0) is 40.2 Å². The molecule has 0 aliphatic heterocycles. The van der Waals surface area contributed by atoms with Crippen LogP contribution in [-0.2, 0) is 4.79 Å². The zero-order valence-electron chi connectivity index (χ0n) is 12.0. The molecule has 0 saturated carbocycles. The van der Waals surface area contributed by atoms with E-state index in [2.05, 4.69) is 21.2 Å². The van der Waals surface area contributed by atoms with Crippen LogP contribution in [0, 0.1) is 27.3 Å². The SMILES string of the molecule is N#Cc1cc([N+](=O)[O-])ccc1NC(=O)COc1ccc(F)cc1Br. The number of amides is 1. The highest BCUT2D eigenvalue weighted by atomic mass is 79.9. The molecule has 0 radical (unpaired) electrons. The number of hydrogen-bond acceptors (Lipinski definition) is 5. The fraction of sp³-hybridized carbons (Fsp3) is 0.0667. The Morgan fingerprint density at radius 2 is 2.12 bits per heavy atom. The summed E-state index contributed by atoms with van der Waals surface area (Å²) in [7, 11) is 0. The molecule has 24 heavy (non-hydrogen) atoms. The molecular weight excluding hydrogens is 385 g/mol. The summed E-state index contributed by atoms with van der Waals surface area (Å²) in [6.45, 7) is -0.383. The zero-order valence-corrected chi connectivity index (χ0v) is 13.5. The number of nitriles is 1. The normalized spacial score (nSPS) is 9.88. The average Bonchev–Trinajstić information content (AvgIpc) is 2.54. The molecule has 1 N–H and O–H groups in total. The molecule has 2 rings (SSSR count). The highest BCUT2D eigenvalue weighted by molar-refractivity contribution is 9.10. The minimum atomic E-state index is -0.637. The number of nitrogens with zero attached hydrogens (tertiary/aromatic N) is 2. The maximum Gasteiger partial charge on any atom is 0.270 e. The average molecular weight is 394 g/mol. The van der Waals surface area contributed by atoms with Gasteiger partial charge in [0.25, 0.3) is 11.6 Å². The molecule has 2 aromatic rings. The standard InChI is InChI=1S/C15H9BrFN3O4/c16-12-6-10(17)1-4-14(12)24-8-15(21)19-13-3-2-11(20(22)23)5-9(13)7-18/h1-6H,8H2,(H,19,21). The Balaban J connectivity index is 2.04. The van der Waals surface area contributed by atoms with Crippen molar-refractivity contribution in [1.82, 2.24) is 0 Å². The van der Waals surface area contributed by atoms with Gasteiger partial charge in [0.05, 0.1) is 20.6 Å². The van der Waals surface area contributed by atoms with Gasteiger partial charge in [-0.1, -0.05) is 0 Å². The van der Waals surface area contributed by atoms with Crippen LogP contribution in [0.4, 0.5) is 15.8 Å². The van der Waals surface area contributed by atoms with E-state index < -0.39 is 16.6 Å². The fourth-order valence-electron chi connectivity index (χ4n) is 1.77. The molecule has 7 nitrogen and oxygen atoms in total. The number of anilines is 1. The van der Waals surface area contributed by atoms with Gasteiger partial charge in [0.15, 0.2) is 6.61 Å². The van der Waals surface area contributed by atoms with Crippen LogP contribution < -0.4 is 10.1 Å². The number of carbonyl (C=O) groups is 1. The minimum Gasteiger partial charge on any atom is -0.483 e. The molecule has 0 fully saturated rings. The van der Waals surface area contributed by atoms with Crippen molar-refractivity contribution in [2.75, 3.05) is 11.9 Å². The van der Waals surface area contributed by atoms with Crippen molar-refractivity contribution in [3.63, 3.8) is 0 Å². The van der Waals surface area contributed by atoms with E-state index in [0.717, 1.165) is 6.07 Å². The molecule has 0 atom stereocenters. The molecule has 0 saturated heterocycles. The van der Waals surface area contributed by atoms with E-state index in [0.29, 0.717) is 4.47 Å². The Bertz CT molecular complexity index is 851. The highest BCUT2D eigenvalue weighted by Gasteiger charge is 2.13. The first-order valence-electron chi connectivity index (χ1n) is 6.47. The third-order valence-corrected chi connectivity index (χ3v) is 3.48. The van der Waals surface area contributed by atoms with E-state index in [1.165, 1.54) is 30.3 Å². The van der Waals surface area contributed by atoms with Gasteiger partial charge in [0, 0.05) is 12.1 Å². The van der Waals surface area contributed by atoms with E-state index in [1.807, 2.05) is 0 Å². The van der Waals surface area contributed by atoms with Gasteiger partial charge in [-0.3, -0.25) is 14.9 Å². The molecule has 122 valence electrons. The molecule has 0 heterocycles. The maximum atomic E-state index is 13.0. The second-order valence-electron chi connectivity index (χ2n) is 4.51. The number of benzene rings is 2. The maximum absolute atomic E-state index is 13.0. The second-order valence-corrected chi connectivity index (χ2v) is 5.36. The first kappa shape index (κ1) is 17.4. The topological polar surface area (TPSA) is 105 Å². The first-order valence-corrected chi connectivity index (χ1v) is 7.26. The lowest BCUT2D eigenvalue weighted by Gasteiger charge is -2.09. The number of hydrogen-bond donors (Lipinski definition) is 1. The fourth-order valence-corrected chi connectivity index (χ4v) is 2.23. The van der Waals surface area contributed by atoms with Gasteiger partial charge >= 0.3 is 0 Å². The quantitative estimate of drug-likeness (QED) is 0.618. The van der Waals surface area contributed by atoms with Gasteiger partial charge in [-0.15, -0.1) is 0 Å². The largest absolute Gasteiger partial charge is 0.483 e. The summed E-state index contributed by atoms with van der Waals surface area (Å²) < 4.78 is 18.6. The van der Waals surface area contributed by atoms with Gasteiger partial charge in [0.2, 0.25) is 0 Å². The number of nitro benzene ring substituents is 1. The van der Waals surface area contributed by atoms with E-state index in [4.69, 9.17) is 10.00 Å². The number of ether oxygens (including phenoxy) is 1. The Morgan fingerprint density at radius 1 is 1.38 bits per heavy atom. The van der Waals surface area contributed by atoms with Crippen LogP contribution in [0.15, 0.2) is 40.9 Å². The lowest BCUT2D eigenvalue weighted by atomic mass is 10.1. The lowest BCUT2D eigenvalue weighted by molar-refractivity contribution is -0.384. The predicted octanol–water partition coefficient (Wildman–Crippen LogP) is 3.39. The molecule has 0 unspecified atom stereocenters. The summed E-state index contributed by atoms with van der Waals surface area (Å²) in [6.07, 6.45) is 0. The molecule has 1 amide bonds. The van der Waals surface area contributed by atoms with Gasteiger partial charge in [-0.25, -0.2) is 4.39 Å². The number of carbonyl (C=O) groups excluding carboxylic acids is 1. The van der Waals surface area contributed by atoms with Crippen molar-refractivity contribution in [3.8, 4) is 11.8 Å². The Labute approximate surface area is 143 Å². The summed E-state index contributed by atoms with van der Waals surface area (Å²) in [6, 6.07) is 9.01. The first-order chi connectivity index (χ1) is 11.4. The number of halogens is 2. The van der Waals surface area contributed by atoms with Gasteiger partial charge in [0.1, 0.15) is 17.6 Å². The Morgan fingerprint density at radius 3 is 2.75 bits per heavy atom. The third kappa shape index (κ3) is 4.27. The molecular formula is C15H9BrFN3O4. The molecule has 2 aromatic carbocycles. The predicted molar refractivity (Wildman–Crippen MR) is 86.0 cm³/mol. The number of nitrogens with one attached hydrogen (secondary N) is 1. The van der Waals surface area contributed by atoms with E-state index in [1.54, 1.807) is 6.07 Å². The minimum absolute atomic E-state index is 0.0412. The number of non-ortho nitro benzene ring substituents is 1. The van der Waals surface area contributed by atoms with Crippen molar-refractivity contribution >= 4 is 33.2 Å². The lowest BCUT2D eigenvalue weighted by Crippen LogP contribution is -2.20. The van der Waals surface area contributed by atoms with E-state index >= 15 is 0 Å². The van der Waals surface area contributed by atoms with Crippen LogP contribution in [0.5, 0.6) is 5.75 Å². The van der Waals surface area contributed by atoms with E-state index in [9.17, 15) is 19.3 Å².